The molecule has 2 rings (SSSR count). The lowest BCUT2D eigenvalue weighted by Crippen LogP contribution is -2.42. The monoisotopic (exact) mass is 486 g/mol. The third-order valence-corrected chi connectivity index (χ3v) is 6.88. The van der Waals surface area contributed by atoms with Crippen LogP contribution < -0.4 is 0 Å². The van der Waals surface area contributed by atoms with Crippen molar-refractivity contribution in [1.29, 1.82) is 0 Å². The number of rotatable bonds is 16. The van der Waals surface area contributed by atoms with Crippen LogP contribution in [0.3, 0.4) is 0 Å². The molecule has 0 radical (unpaired) electrons. The van der Waals surface area contributed by atoms with Crippen LogP contribution in [0, 0.1) is 5.41 Å². The largest absolute Gasteiger partial charge is 0.457 e. The second-order valence-corrected chi connectivity index (χ2v) is 10.7. The first-order valence-electron chi connectivity index (χ1n) is 14.0. The van der Waals surface area contributed by atoms with Gasteiger partial charge in [0.25, 0.3) is 0 Å². The summed E-state index contributed by atoms with van der Waals surface area (Å²) in [5.74, 6) is -0.136. The van der Waals surface area contributed by atoms with Crippen molar-refractivity contribution < 1.29 is 19.0 Å². The number of carbonyl (C=O) groups is 1. The summed E-state index contributed by atoms with van der Waals surface area (Å²) in [5.41, 5.74) is 2.44. The maximum Gasteiger partial charge on any atom is 0.306 e. The molecule has 0 aromatic rings. The predicted octanol–water partition coefficient (Wildman–Crippen LogP) is 8.39. The lowest BCUT2D eigenvalue weighted by atomic mass is 9.75. The lowest BCUT2D eigenvalue weighted by molar-refractivity contribution is -0.215. The summed E-state index contributed by atoms with van der Waals surface area (Å²) >= 11 is 0. The predicted molar refractivity (Wildman–Crippen MR) is 145 cm³/mol. The first-order chi connectivity index (χ1) is 16.9. The van der Waals surface area contributed by atoms with Gasteiger partial charge in [-0.1, -0.05) is 89.3 Å². The average Bonchev–Trinajstić information content (AvgIpc) is 2.82. The normalized spacial score (nSPS) is 22.4. The first-order valence-corrected chi connectivity index (χ1v) is 14.0. The molecule has 0 N–H and O–H groups in total. The van der Waals surface area contributed by atoms with Gasteiger partial charge in [-0.2, -0.15) is 0 Å². The fourth-order valence-corrected chi connectivity index (χ4v) is 4.81. The summed E-state index contributed by atoms with van der Waals surface area (Å²) in [5, 5.41) is 0. The van der Waals surface area contributed by atoms with E-state index in [0.717, 1.165) is 32.1 Å². The number of carbonyl (C=O) groups excluding carboxylic acids is 1. The number of hydrogen-bond acceptors (Lipinski definition) is 4. The zero-order chi connectivity index (χ0) is 25.4. The van der Waals surface area contributed by atoms with E-state index in [-0.39, 0.29) is 23.8 Å². The maximum atomic E-state index is 12.2. The molecule has 35 heavy (non-hydrogen) atoms. The van der Waals surface area contributed by atoms with Crippen molar-refractivity contribution in [3.8, 4) is 0 Å². The van der Waals surface area contributed by atoms with Crippen LogP contribution >= 0.6 is 0 Å². The van der Waals surface area contributed by atoms with Gasteiger partial charge in [0, 0.05) is 6.42 Å². The van der Waals surface area contributed by atoms with E-state index in [0.29, 0.717) is 19.6 Å². The molecule has 1 fully saturated rings. The molecule has 198 valence electrons. The van der Waals surface area contributed by atoms with Crippen molar-refractivity contribution in [2.75, 3.05) is 13.2 Å². The molecule has 2 aliphatic rings. The number of unbranched alkanes of at least 4 members (excludes halogenated alkanes) is 8. The van der Waals surface area contributed by atoms with Gasteiger partial charge in [-0.25, -0.2) is 0 Å². The van der Waals surface area contributed by atoms with E-state index in [2.05, 4.69) is 64.2 Å². The number of esters is 1. The van der Waals surface area contributed by atoms with E-state index in [1.54, 1.807) is 0 Å². The second kappa shape index (κ2) is 16.9. The molecule has 1 aliphatic heterocycles. The molecule has 0 atom stereocenters. The first kappa shape index (κ1) is 29.6. The average molecular weight is 487 g/mol. The van der Waals surface area contributed by atoms with Gasteiger partial charge < -0.3 is 14.2 Å². The minimum absolute atomic E-state index is 0.0220. The molecule has 0 bridgehead atoms. The van der Waals surface area contributed by atoms with Gasteiger partial charge in [-0.05, 0) is 68.4 Å². The van der Waals surface area contributed by atoms with Gasteiger partial charge >= 0.3 is 5.97 Å². The van der Waals surface area contributed by atoms with Crippen molar-refractivity contribution >= 4 is 5.97 Å². The van der Waals surface area contributed by atoms with E-state index < -0.39 is 0 Å². The van der Waals surface area contributed by atoms with E-state index in [1.807, 2.05) is 0 Å². The highest BCUT2D eigenvalue weighted by molar-refractivity contribution is 5.69. The van der Waals surface area contributed by atoms with E-state index in [9.17, 15) is 4.79 Å². The fraction of sp³-hybridized carbons (Fsp3) is 0.710. The fourth-order valence-electron chi connectivity index (χ4n) is 4.81. The molecule has 0 amide bonds. The highest BCUT2D eigenvalue weighted by Crippen LogP contribution is 2.40. The Balaban J connectivity index is 1.47. The van der Waals surface area contributed by atoms with Crippen LogP contribution in [0.5, 0.6) is 0 Å². The SMILES string of the molecule is CCCCC/C=C\C/C=C\CCCCCCCC(=O)OC1COC(C2=C(C)C=CCC2(C)C)OC1. The van der Waals surface area contributed by atoms with Gasteiger partial charge in [0.05, 0.1) is 13.2 Å². The number of allylic oxidation sites excluding steroid dienone is 7. The highest BCUT2D eigenvalue weighted by atomic mass is 16.7. The van der Waals surface area contributed by atoms with Crippen LogP contribution in [0.25, 0.3) is 0 Å². The molecule has 0 spiro atoms. The molecule has 0 unspecified atom stereocenters. The van der Waals surface area contributed by atoms with Crippen molar-refractivity contribution in [1.82, 2.24) is 0 Å². The Morgan fingerprint density at radius 1 is 0.971 bits per heavy atom. The summed E-state index contributed by atoms with van der Waals surface area (Å²) in [4.78, 5) is 12.2. The van der Waals surface area contributed by atoms with Crippen LogP contribution in [0.2, 0.25) is 0 Å². The van der Waals surface area contributed by atoms with Crippen molar-refractivity contribution in [3.05, 3.63) is 47.6 Å². The van der Waals surface area contributed by atoms with Crippen molar-refractivity contribution in [2.45, 2.75) is 124 Å². The smallest absolute Gasteiger partial charge is 0.306 e. The maximum absolute atomic E-state index is 12.2. The van der Waals surface area contributed by atoms with Crippen LogP contribution in [-0.4, -0.2) is 31.6 Å². The van der Waals surface area contributed by atoms with Crippen LogP contribution in [-0.2, 0) is 19.0 Å². The standard InChI is InChI=1S/C31H50O4/c1-5-6-7-8-9-10-11-12-13-14-15-16-17-18-19-22-28(32)35-27-24-33-30(34-25-27)29-26(2)21-20-23-31(29,3)4/h9-10,12-13,20-21,27,30H,5-8,11,14-19,22-25H2,1-4H3/b10-9-,13-12-. The van der Waals surface area contributed by atoms with Gasteiger partial charge in [-0.15, -0.1) is 0 Å². The molecule has 4 heteroatoms. The topological polar surface area (TPSA) is 44.8 Å². The summed E-state index contributed by atoms with van der Waals surface area (Å²) in [6.07, 6.45) is 27.3. The minimum Gasteiger partial charge on any atom is -0.457 e. The zero-order valence-electron chi connectivity index (χ0n) is 22.9. The lowest BCUT2D eigenvalue weighted by Gasteiger charge is -2.39. The van der Waals surface area contributed by atoms with E-state index in [1.165, 1.54) is 56.1 Å². The van der Waals surface area contributed by atoms with E-state index >= 15 is 0 Å². The molecule has 1 heterocycles. The van der Waals surface area contributed by atoms with Gasteiger partial charge in [-0.3, -0.25) is 4.79 Å². The van der Waals surface area contributed by atoms with Crippen LogP contribution in [0.4, 0.5) is 0 Å². The molecule has 1 aliphatic carbocycles. The summed E-state index contributed by atoms with van der Waals surface area (Å²) in [6, 6.07) is 0. The quantitative estimate of drug-likeness (QED) is 0.125. The van der Waals surface area contributed by atoms with Crippen molar-refractivity contribution in [3.63, 3.8) is 0 Å². The summed E-state index contributed by atoms with van der Waals surface area (Å²) in [7, 11) is 0. The Morgan fingerprint density at radius 3 is 2.26 bits per heavy atom. The Kier molecular flexibility index (Phi) is 14.3. The number of ether oxygens (including phenoxy) is 3. The zero-order valence-corrected chi connectivity index (χ0v) is 22.9. The molecular formula is C31H50O4. The molecule has 4 nitrogen and oxygen atoms in total. The summed E-state index contributed by atoms with van der Waals surface area (Å²) < 4.78 is 17.5. The van der Waals surface area contributed by atoms with E-state index in [4.69, 9.17) is 14.2 Å². The highest BCUT2D eigenvalue weighted by Gasteiger charge is 2.36. The third kappa shape index (κ3) is 11.8. The molecular weight excluding hydrogens is 436 g/mol. The third-order valence-electron chi connectivity index (χ3n) is 6.88. The molecule has 0 aromatic heterocycles. The van der Waals surface area contributed by atoms with Gasteiger partial charge in [0.2, 0.25) is 0 Å². The Morgan fingerprint density at radius 2 is 1.60 bits per heavy atom. The molecule has 0 aromatic carbocycles. The Hall–Kier alpha value is -1.65. The van der Waals surface area contributed by atoms with Gasteiger partial charge in [0.1, 0.15) is 6.10 Å². The molecule has 0 saturated carbocycles. The second-order valence-electron chi connectivity index (χ2n) is 10.7. The number of hydrogen-bond donors (Lipinski definition) is 0. The van der Waals surface area contributed by atoms with Crippen molar-refractivity contribution in [2.24, 2.45) is 5.41 Å². The molecule has 1 saturated heterocycles. The van der Waals surface area contributed by atoms with Crippen LogP contribution in [0.15, 0.2) is 47.6 Å². The van der Waals surface area contributed by atoms with Gasteiger partial charge in [0.15, 0.2) is 6.29 Å². The Bertz CT molecular complexity index is 720. The Labute approximate surface area is 214 Å². The van der Waals surface area contributed by atoms with Crippen LogP contribution in [0.1, 0.15) is 111 Å². The summed E-state index contributed by atoms with van der Waals surface area (Å²) in [6.45, 7) is 9.59. The minimum atomic E-state index is -0.341.